The van der Waals surface area contributed by atoms with Gasteiger partial charge >= 0.3 is 0 Å². The molecule has 1 saturated heterocycles. The van der Waals surface area contributed by atoms with Crippen LogP contribution >= 0.6 is 0 Å². The minimum Gasteiger partial charge on any atom is -0.380 e. The average molecular weight is 363 g/mol. The zero-order chi connectivity index (χ0) is 18.2. The third-order valence-electron chi connectivity index (χ3n) is 5.64. The molecule has 0 bridgehead atoms. The third-order valence-corrected chi connectivity index (χ3v) is 7.53. The molecule has 0 radical (unpaired) electrons. The van der Waals surface area contributed by atoms with Crippen LogP contribution in [0.1, 0.15) is 18.4 Å². The number of nitriles is 1. The molecule has 136 valence electrons. The van der Waals surface area contributed by atoms with Crippen LogP contribution in [0.5, 0.6) is 0 Å². The highest BCUT2D eigenvalue weighted by molar-refractivity contribution is 7.89. The van der Waals surface area contributed by atoms with E-state index in [1.54, 1.807) is 29.6 Å². The highest BCUT2D eigenvalue weighted by Gasteiger charge is 2.46. The first kappa shape index (κ1) is 18.3. The first-order valence-corrected chi connectivity index (χ1v) is 10.0. The van der Waals surface area contributed by atoms with Crippen molar-refractivity contribution in [2.24, 2.45) is 11.8 Å². The average Bonchev–Trinajstić information content (AvgIpc) is 3.04. The summed E-state index contributed by atoms with van der Waals surface area (Å²) >= 11 is 0. The van der Waals surface area contributed by atoms with Gasteiger partial charge in [0.15, 0.2) is 0 Å². The Balaban J connectivity index is 1.84. The number of ether oxygens (including phenoxy) is 1. The van der Waals surface area contributed by atoms with E-state index in [4.69, 9.17) is 4.74 Å². The predicted octanol–water partition coefficient (Wildman–Crippen LogP) is 1.53. The van der Waals surface area contributed by atoms with Gasteiger partial charge in [0.1, 0.15) is 6.07 Å². The fourth-order valence-electron chi connectivity index (χ4n) is 4.26. The lowest BCUT2D eigenvalue weighted by molar-refractivity contribution is -0.0209. The van der Waals surface area contributed by atoms with E-state index in [1.807, 2.05) is 20.2 Å². The van der Waals surface area contributed by atoms with Crippen LogP contribution in [0.4, 0.5) is 0 Å². The summed E-state index contributed by atoms with van der Waals surface area (Å²) in [5, 5.41) is 9.24. The largest absolute Gasteiger partial charge is 0.380 e. The molecular weight excluding hydrogens is 338 g/mol. The van der Waals surface area contributed by atoms with Crippen molar-refractivity contribution in [3.63, 3.8) is 0 Å². The Morgan fingerprint density at radius 2 is 1.84 bits per heavy atom. The summed E-state index contributed by atoms with van der Waals surface area (Å²) in [5.74, 6) is 0.646. The van der Waals surface area contributed by atoms with Crippen LogP contribution in [0.2, 0.25) is 0 Å². The molecule has 6 nitrogen and oxygen atoms in total. The number of rotatable bonds is 4. The maximum absolute atomic E-state index is 13.1. The van der Waals surface area contributed by atoms with Gasteiger partial charge in [-0.15, -0.1) is 0 Å². The van der Waals surface area contributed by atoms with Crippen molar-refractivity contribution >= 4 is 10.0 Å². The maximum Gasteiger partial charge on any atom is 0.244 e. The SMILES string of the molecule is CO[C@@H]1C[C@H]2CN(S(=O)(=O)c3ccccc3C#N)C[C@H]2C[C@H]1N(C)C. The van der Waals surface area contributed by atoms with E-state index in [0.717, 1.165) is 12.8 Å². The number of hydrogen-bond acceptors (Lipinski definition) is 5. The fourth-order valence-corrected chi connectivity index (χ4v) is 5.96. The molecular formula is C18H25N3O3S. The predicted molar refractivity (Wildman–Crippen MR) is 94.4 cm³/mol. The zero-order valence-electron chi connectivity index (χ0n) is 14.9. The van der Waals surface area contributed by atoms with Crippen molar-refractivity contribution in [2.75, 3.05) is 34.3 Å². The smallest absolute Gasteiger partial charge is 0.244 e. The molecule has 0 unspecified atom stereocenters. The first-order valence-electron chi connectivity index (χ1n) is 8.57. The molecule has 2 aliphatic rings. The zero-order valence-corrected chi connectivity index (χ0v) is 15.7. The van der Waals surface area contributed by atoms with E-state index in [-0.39, 0.29) is 16.6 Å². The van der Waals surface area contributed by atoms with Gasteiger partial charge in [-0.05, 0) is 50.9 Å². The molecule has 25 heavy (non-hydrogen) atoms. The molecule has 1 saturated carbocycles. The van der Waals surface area contributed by atoms with E-state index in [0.29, 0.717) is 31.0 Å². The lowest BCUT2D eigenvalue weighted by Gasteiger charge is -2.40. The molecule has 1 aliphatic heterocycles. The number of nitrogens with zero attached hydrogens (tertiary/aromatic N) is 3. The molecule has 0 N–H and O–H groups in total. The van der Waals surface area contributed by atoms with E-state index >= 15 is 0 Å². The van der Waals surface area contributed by atoms with E-state index in [1.165, 1.54) is 6.07 Å². The normalized spacial score (nSPS) is 30.2. The molecule has 0 spiro atoms. The van der Waals surface area contributed by atoms with Crippen molar-refractivity contribution in [3.8, 4) is 6.07 Å². The van der Waals surface area contributed by atoms with E-state index in [2.05, 4.69) is 4.90 Å². The van der Waals surface area contributed by atoms with Crippen LogP contribution in [0, 0.1) is 23.2 Å². The Hall–Kier alpha value is -1.46. The quantitative estimate of drug-likeness (QED) is 0.811. The summed E-state index contributed by atoms with van der Waals surface area (Å²) in [6.45, 7) is 1.03. The summed E-state index contributed by atoms with van der Waals surface area (Å²) in [4.78, 5) is 2.29. The summed E-state index contributed by atoms with van der Waals surface area (Å²) in [6, 6.07) is 8.73. The van der Waals surface area contributed by atoms with E-state index < -0.39 is 10.0 Å². The van der Waals surface area contributed by atoms with Gasteiger partial charge in [0, 0.05) is 26.2 Å². The molecule has 7 heteroatoms. The lowest BCUT2D eigenvalue weighted by Crippen LogP contribution is -2.47. The number of sulfonamides is 1. The second-order valence-electron chi connectivity index (χ2n) is 7.23. The Morgan fingerprint density at radius 1 is 1.20 bits per heavy atom. The minimum absolute atomic E-state index is 0.114. The van der Waals surface area contributed by atoms with Crippen LogP contribution in [-0.2, 0) is 14.8 Å². The molecule has 0 aromatic heterocycles. The Morgan fingerprint density at radius 3 is 2.44 bits per heavy atom. The fraction of sp³-hybridized carbons (Fsp3) is 0.611. The molecule has 4 atom stereocenters. The van der Waals surface area contributed by atoms with Gasteiger partial charge in [-0.1, -0.05) is 12.1 Å². The highest BCUT2D eigenvalue weighted by Crippen LogP contribution is 2.40. The Bertz CT molecular complexity index is 772. The van der Waals surface area contributed by atoms with Gasteiger partial charge in [0.2, 0.25) is 10.0 Å². The Labute approximate surface area is 150 Å². The molecule has 0 amide bonds. The first-order chi connectivity index (χ1) is 11.9. The summed E-state index contributed by atoms with van der Waals surface area (Å²) in [5.41, 5.74) is 0.207. The summed E-state index contributed by atoms with van der Waals surface area (Å²) < 4.78 is 33.3. The minimum atomic E-state index is -3.65. The monoisotopic (exact) mass is 363 g/mol. The molecule has 1 aromatic rings. The molecule has 1 heterocycles. The molecule has 1 aromatic carbocycles. The number of fused-ring (bicyclic) bond motifs is 1. The van der Waals surface area contributed by atoms with Crippen LogP contribution in [0.3, 0.4) is 0 Å². The van der Waals surface area contributed by atoms with Crippen molar-refractivity contribution in [2.45, 2.75) is 29.9 Å². The van der Waals surface area contributed by atoms with Crippen LogP contribution in [0.25, 0.3) is 0 Å². The van der Waals surface area contributed by atoms with Crippen molar-refractivity contribution in [1.29, 1.82) is 5.26 Å². The third kappa shape index (κ3) is 3.32. The molecule has 2 fully saturated rings. The van der Waals surface area contributed by atoms with Crippen LogP contribution < -0.4 is 0 Å². The van der Waals surface area contributed by atoms with Crippen molar-refractivity contribution in [3.05, 3.63) is 29.8 Å². The summed E-state index contributed by atoms with van der Waals surface area (Å²) in [6.07, 6.45) is 1.93. The molecule has 1 aliphatic carbocycles. The maximum atomic E-state index is 13.1. The standard InChI is InChI=1S/C18H25N3O3S/c1-20(2)16-8-14-11-21(12-15(14)9-17(16)24-3)25(22,23)18-7-5-4-6-13(18)10-19/h4-7,14-17H,8-9,11-12H2,1-3H3/t14-,15+,16-,17-/m1/s1. The van der Waals surface area contributed by atoms with Crippen LogP contribution in [0.15, 0.2) is 29.2 Å². The second-order valence-corrected chi connectivity index (χ2v) is 9.13. The number of benzene rings is 1. The number of hydrogen-bond donors (Lipinski definition) is 0. The molecule has 3 rings (SSSR count). The van der Waals surface area contributed by atoms with Gasteiger partial charge in [-0.3, -0.25) is 0 Å². The number of likely N-dealkylation sites (N-methyl/N-ethyl adjacent to an activating group) is 1. The number of methoxy groups -OCH3 is 1. The van der Waals surface area contributed by atoms with Gasteiger partial charge in [0.25, 0.3) is 0 Å². The Kier molecular flexibility index (Phi) is 5.16. The van der Waals surface area contributed by atoms with Gasteiger partial charge in [-0.25, -0.2) is 8.42 Å². The lowest BCUT2D eigenvalue weighted by atomic mass is 9.77. The van der Waals surface area contributed by atoms with Crippen LogP contribution in [-0.4, -0.2) is 64.1 Å². The second kappa shape index (κ2) is 7.04. The summed E-state index contributed by atoms with van der Waals surface area (Å²) in [7, 11) is 2.18. The highest BCUT2D eigenvalue weighted by atomic mass is 32.2. The van der Waals surface area contributed by atoms with Gasteiger partial charge in [-0.2, -0.15) is 9.57 Å². The van der Waals surface area contributed by atoms with Gasteiger partial charge < -0.3 is 9.64 Å². The van der Waals surface area contributed by atoms with Gasteiger partial charge in [0.05, 0.1) is 16.6 Å². The topological polar surface area (TPSA) is 73.6 Å². The van der Waals surface area contributed by atoms with Crippen molar-refractivity contribution < 1.29 is 13.2 Å². The van der Waals surface area contributed by atoms with Crippen molar-refractivity contribution in [1.82, 2.24) is 9.21 Å². The van der Waals surface area contributed by atoms with E-state index in [9.17, 15) is 13.7 Å².